The van der Waals surface area contributed by atoms with Crippen LogP contribution >= 0.6 is 0 Å². The molecule has 0 amide bonds. The Kier molecular flexibility index (Phi) is 10.6. The summed E-state index contributed by atoms with van der Waals surface area (Å²) in [5, 5.41) is 0. The molecule has 1 unspecified atom stereocenters. The summed E-state index contributed by atoms with van der Waals surface area (Å²) >= 11 is 0. The summed E-state index contributed by atoms with van der Waals surface area (Å²) in [5.41, 5.74) is 1.11. The van der Waals surface area contributed by atoms with E-state index in [4.69, 9.17) is 9.47 Å². The summed E-state index contributed by atoms with van der Waals surface area (Å²) in [7, 11) is 0. The van der Waals surface area contributed by atoms with E-state index in [2.05, 4.69) is 38.1 Å². The molecule has 1 saturated heterocycles. The van der Waals surface area contributed by atoms with E-state index in [9.17, 15) is 0 Å². The minimum Gasteiger partial charge on any atom is -0.490 e. The second kappa shape index (κ2) is 13.0. The Bertz CT molecular complexity index is 531. The summed E-state index contributed by atoms with van der Waals surface area (Å²) < 4.78 is 11.3. The average molecular weight is 373 g/mol. The van der Waals surface area contributed by atoms with E-state index >= 15 is 0 Å². The predicted molar refractivity (Wildman–Crippen MR) is 116 cm³/mol. The summed E-state index contributed by atoms with van der Waals surface area (Å²) in [4.78, 5) is 0. The number of rotatable bonds is 16. The van der Waals surface area contributed by atoms with Gasteiger partial charge >= 0.3 is 0 Å². The van der Waals surface area contributed by atoms with Gasteiger partial charge in [0, 0.05) is 5.56 Å². The maximum atomic E-state index is 5.95. The number of hydrogen-bond donors (Lipinski definition) is 0. The molecule has 152 valence electrons. The summed E-state index contributed by atoms with van der Waals surface area (Å²) in [6.07, 6.45) is 21.1. The van der Waals surface area contributed by atoms with Crippen molar-refractivity contribution in [3.05, 3.63) is 35.9 Å². The van der Waals surface area contributed by atoms with Gasteiger partial charge in [-0.05, 0) is 25.8 Å². The fourth-order valence-electron chi connectivity index (χ4n) is 3.32. The molecular formula is C25H40O2. The van der Waals surface area contributed by atoms with Crippen molar-refractivity contribution in [3.8, 4) is 5.75 Å². The number of epoxide rings is 1. The zero-order valence-corrected chi connectivity index (χ0v) is 17.7. The zero-order valence-electron chi connectivity index (χ0n) is 17.7. The van der Waals surface area contributed by atoms with Crippen molar-refractivity contribution in [1.82, 2.24) is 0 Å². The van der Waals surface area contributed by atoms with Crippen LogP contribution in [0.25, 0.3) is 6.08 Å². The van der Waals surface area contributed by atoms with Crippen molar-refractivity contribution in [3.63, 3.8) is 0 Å². The molecule has 1 aliphatic heterocycles. The van der Waals surface area contributed by atoms with Gasteiger partial charge in [-0.15, -0.1) is 0 Å². The van der Waals surface area contributed by atoms with E-state index in [1.807, 2.05) is 12.1 Å². The highest BCUT2D eigenvalue weighted by Crippen LogP contribution is 2.28. The average Bonchev–Trinajstić information content (AvgIpc) is 3.42. The highest BCUT2D eigenvalue weighted by atomic mass is 16.6. The standard InChI is InChI=1S/C25H40O2/c1-3-4-5-6-7-8-9-10-11-12-13-14-15-18-23-19-16-17-20-24(23)26-21-25(2)22-27-25/h15-20H,3-14,21-22H2,1-2H3/b18-15+. The van der Waals surface area contributed by atoms with Crippen molar-refractivity contribution in [2.45, 2.75) is 96.5 Å². The van der Waals surface area contributed by atoms with Gasteiger partial charge in [-0.2, -0.15) is 0 Å². The molecule has 2 nitrogen and oxygen atoms in total. The topological polar surface area (TPSA) is 21.8 Å². The number of allylic oxidation sites excluding steroid dienone is 1. The molecule has 0 bridgehead atoms. The number of benzene rings is 1. The molecule has 0 aromatic heterocycles. The summed E-state index contributed by atoms with van der Waals surface area (Å²) in [6.45, 7) is 5.82. The maximum Gasteiger partial charge on any atom is 0.126 e. The van der Waals surface area contributed by atoms with E-state index in [1.54, 1.807) is 0 Å². The Morgan fingerprint density at radius 3 is 2.15 bits per heavy atom. The first-order chi connectivity index (χ1) is 13.2. The minimum absolute atomic E-state index is 0.0632. The van der Waals surface area contributed by atoms with E-state index in [0.29, 0.717) is 6.61 Å². The first-order valence-electron chi connectivity index (χ1n) is 11.3. The Morgan fingerprint density at radius 1 is 0.926 bits per heavy atom. The van der Waals surface area contributed by atoms with Gasteiger partial charge in [0.2, 0.25) is 0 Å². The van der Waals surface area contributed by atoms with Crippen LogP contribution in [0.15, 0.2) is 30.3 Å². The molecule has 1 atom stereocenters. The molecule has 2 heteroatoms. The second-order valence-electron chi connectivity index (χ2n) is 8.29. The van der Waals surface area contributed by atoms with Crippen LogP contribution in [0.4, 0.5) is 0 Å². The lowest BCUT2D eigenvalue weighted by atomic mass is 10.0. The van der Waals surface area contributed by atoms with Gasteiger partial charge in [0.15, 0.2) is 0 Å². The highest BCUT2D eigenvalue weighted by Gasteiger charge is 2.40. The van der Waals surface area contributed by atoms with Gasteiger partial charge in [-0.1, -0.05) is 101 Å². The Morgan fingerprint density at radius 2 is 1.52 bits per heavy atom. The van der Waals surface area contributed by atoms with Crippen LogP contribution in [0.2, 0.25) is 0 Å². The molecule has 2 rings (SSSR count). The lowest BCUT2D eigenvalue weighted by Crippen LogP contribution is -2.17. The Labute approximate surface area is 167 Å². The van der Waals surface area contributed by atoms with Crippen molar-refractivity contribution >= 4 is 6.08 Å². The van der Waals surface area contributed by atoms with Gasteiger partial charge in [-0.25, -0.2) is 0 Å². The van der Waals surface area contributed by atoms with Gasteiger partial charge in [0.25, 0.3) is 0 Å². The smallest absolute Gasteiger partial charge is 0.126 e. The monoisotopic (exact) mass is 372 g/mol. The van der Waals surface area contributed by atoms with Crippen LogP contribution in [0, 0.1) is 0 Å². The Balaban J connectivity index is 1.50. The third kappa shape index (κ3) is 10.0. The lowest BCUT2D eigenvalue weighted by molar-refractivity contribution is 0.202. The van der Waals surface area contributed by atoms with Crippen LogP contribution in [-0.2, 0) is 4.74 Å². The minimum atomic E-state index is -0.0632. The van der Waals surface area contributed by atoms with Crippen molar-refractivity contribution in [2.24, 2.45) is 0 Å². The molecule has 0 N–H and O–H groups in total. The largest absolute Gasteiger partial charge is 0.490 e. The van der Waals surface area contributed by atoms with Gasteiger partial charge in [0.1, 0.15) is 18.0 Å². The van der Waals surface area contributed by atoms with Crippen LogP contribution in [-0.4, -0.2) is 18.8 Å². The fourth-order valence-corrected chi connectivity index (χ4v) is 3.32. The third-order valence-electron chi connectivity index (χ3n) is 5.36. The van der Waals surface area contributed by atoms with Crippen LogP contribution in [0.5, 0.6) is 5.75 Å². The van der Waals surface area contributed by atoms with Crippen LogP contribution < -0.4 is 4.74 Å². The molecule has 1 aromatic carbocycles. The van der Waals surface area contributed by atoms with Crippen LogP contribution in [0.3, 0.4) is 0 Å². The molecule has 0 radical (unpaired) electrons. The van der Waals surface area contributed by atoms with Gasteiger partial charge in [-0.3, -0.25) is 0 Å². The number of hydrogen-bond acceptors (Lipinski definition) is 2. The maximum absolute atomic E-state index is 5.95. The lowest BCUT2D eigenvalue weighted by Gasteiger charge is -2.11. The van der Waals surface area contributed by atoms with Crippen molar-refractivity contribution < 1.29 is 9.47 Å². The fraction of sp³-hybridized carbons (Fsp3) is 0.680. The molecule has 0 aliphatic carbocycles. The molecule has 1 heterocycles. The molecule has 0 spiro atoms. The number of para-hydroxylation sites is 1. The summed E-state index contributed by atoms with van der Waals surface area (Å²) in [6, 6.07) is 8.28. The van der Waals surface area contributed by atoms with Crippen LogP contribution in [0.1, 0.15) is 96.5 Å². The van der Waals surface area contributed by atoms with E-state index in [1.165, 1.54) is 76.2 Å². The molecule has 27 heavy (non-hydrogen) atoms. The van der Waals surface area contributed by atoms with Crippen molar-refractivity contribution in [1.29, 1.82) is 0 Å². The predicted octanol–water partition coefficient (Wildman–Crippen LogP) is 7.57. The molecular weight excluding hydrogens is 332 g/mol. The number of ether oxygens (including phenoxy) is 2. The quantitative estimate of drug-likeness (QED) is 0.220. The normalized spacial score (nSPS) is 18.9. The SMILES string of the molecule is CCCCCCCCCCCCC/C=C/c1ccccc1OCC1(C)CO1. The van der Waals surface area contributed by atoms with Gasteiger partial charge < -0.3 is 9.47 Å². The van der Waals surface area contributed by atoms with E-state index in [0.717, 1.165) is 18.8 Å². The highest BCUT2D eigenvalue weighted by molar-refractivity contribution is 5.57. The Hall–Kier alpha value is -1.28. The third-order valence-corrected chi connectivity index (χ3v) is 5.36. The van der Waals surface area contributed by atoms with E-state index < -0.39 is 0 Å². The van der Waals surface area contributed by atoms with E-state index in [-0.39, 0.29) is 5.60 Å². The molecule has 1 fully saturated rings. The summed E-state index contributed by atoms with van der Waals surface area (Å²) in [5.74, 6) is 0.962. The van der Waals surface area contributed by atoms with Crippen molar-refractivity contribution in [2.75, 3.05) is 13.2 Å². The molecule has 1 aromatic rings. The second-order valence-corrected chi connectivity index (χ2v) is 8.29. The first-order valence-corrected chi connectivity index (χ1v) is 11.3. The molecule has 1 aliphatic rings. The first kappa shape index (κ1) is 22.0. The zero-order chi connectivity index (χ0) is 19.2. The number of unbranched alkanes of at least 4 members (excludes halogenated alkanes) is 11. The van der Waals surface area contributed by atoms with Gasteiger partial charge in [0.05, 0.1) is 6.61 Å². The molecule has 0 saturated carbocycles.